The van der Waals surface area contributed by atoms with Crippen LogP contribution < -0.4 is 25.8 Å². The molecule has 0 spiro atoms. The molecule has 5 heterocycles. The first-order valence-electron chi connectivity index (χ1n) is 50.5. The number of aromatic amines is 1. The second-order valence-corrected chi connectivity index (χ2v) is 45.9. The highest BCUT2D eigenvalue weighted by Gasteiger charge is 2.45. The number of rotatable bonds is 10. The van der Waals surface area contributed by atoms with Crippen LogP contribution in [0.4, 0.5) is 68.2 Å². The van der Waals surface area contributed by atoms with Crippen LogP contribution in [0.2, 0.25) is 0 Å². The smallest absolute Gasteiger partial charge is 0.337 e. The molecule has 8 aliphatic rings. The zero-order chi connectivity index (χ0) is 107. The Balaban J connectivity index is 0.000000138. The summed E-state index contributed by atoms with van der Waals surface area (Å²) in [6.07, 6.45) is 14.7. The molecule has 0 bridgehead atoms. The van der Waals surface area contributed by atoms with Crippen LogP contribution in [-0.2, 0) is 62.3 Å². The number of aromatic nitrogens is 1. The van der Waals surface area contributed by atoms with E-state index in [0.717, 1.165) is 186 Å². The van der Waals surface area contributed by atoms with Crippen LogP contribution in [0, 0.1) is 22.7 Å². The summed E-state index contributed by atoms with van der Waals surface area (Å²) in [6.45, 7) is 41.9. The molecule has 0 saturated heterocycles. The van der Waals surface area contributed by atoms with E-state index in [4.69, 9.17) is 62.1 Å². The van der Waals surface area contributed by atoms with Gasteiger partial charge in [0, 0.05) is 84.7 Å². The van der Waals surface area contributed by atoms with Crippen LogP contribution in [0.25, 0.3) is 0 Å². The topological polar surface area (TPSA) is 256 Å². The van der Waals surface area contributed by atoms with E-state index >= 15 is 0 Å². The number of nitriles is 2. The van der Waals surface area contributed by atoms with E-state index in [-0.39, 0.29) is 72.5 Å². The van der Waals surface area contributed by atoms with Crippen LogP contribution in [0.5, 0.6) is 0 Å². The van der Waals surface area contributed by atoms with Crippen molar-refractivity contribution in [2.75, 3.05) is 61.2 Å². The number of anilines is 8. The van der Waals surface area contributed by atoms with Crippen molar-refractivity contribution in [1.82, 2.24) is 0 Å². The predicted molar refractivity (Wildman–Crippen MR) is 609 cm³/mol. The van der Waals surface area contributed by atoms with Crippen LogP contribution in [0.3, 0.4) is 0 Å². The molecule has 13 aromatic rings. The van der Waals surface area contributed by atoms with Gasteiger partial charge in [-0.25, -0.2) is 44.1 Å². The second-order valence-electron chi connectivity index (χ2n) is 44.2. The Morgan fingerprint density at radius 3 is 0.966 bits per heavy atom. The molecule has 0 atom stereocenters. The van der Waals surface area contributed by atoms with Gasteiger partial charge in [0.25, 0.3) is 0 Å². The molecule has 1 aromatic heterocycles. The van der Waals surface area contributed by atoms with Gasteiger partial charge in [0.05, 0.1) is 153 Å². The molecule has 0 fully saturated rings. The third-order valence-electron chi connectivity index (χ3n) is 30.6. The number of carbonyl (C=O) groups excluding carboxylic acids is 4. The lowest BCUT2D eigenvalue weighted by molar-refractivity contribution is -0.378. The summed E-state index contributed by atoms with van der Waals surface area (Å²) in [6, 6.07) is 84.1. The van der Waals surface area contributed by atoms with Gasteiger partial charge >= 0.3 is 23.9 Å². The maximum Gasteiger partial charge on any atom is 0.337 e. The average Bonchev–Trinajstić information content (AvgIpc) is 1.73. The molecule has 0 saturated carbocycles. The molecule has 0 radical (unpaired) electrons. The number of halogens is 3. The number of esters is 4. The van der Waals surface area contributed by atoms with Crippen molar-refractivity contribution in [2.45, 2.75) is 205 Å². The highest BCUT2D eigenvalue weighted by atomic mass is 79.9. The molecule has 21 rings (SSSR count). The number of alkyl halides is 2. The van der Waals surface area contributed by atoms with E-state index in [1.54, 1.807) is 48.5 Å². The average molecular weight is 2090 g/mol. The van der Waals surface area contributed by atoms with Gasteiger partial charge in [-0.3, -0.25) is 0 Å². The number of aliphatic imine (C=N–C) groups is 4. The summed E-state index contributed by atoms with van der Waals surface area (Å²) in [5.41, 5.74) is 37.2. The normalized spacial score (nSPS) is 16.4. The summed E-state index contributed by atoms with van der Waals surface area (Å²) in [4.78, 5) is 73.7. The lowest BCUT2D eigenvalue weighted by atomic mass is 9.62. The summed E-state index contributed by atoms with van der Waals surface area (Å²) in [7, 11) is 5.56. The fourth-order valence-corrected chi connectivity index (χ4v) is 21.6. The predicted octanol–water partition coefficient (Wildman–Crippen LogP) is 31.2. The van der Waals surface area contributed by atoms with E-state index in [1.807, 2.05) is 152 Å². The number of hydrogen-bond donors (Lipinski definition) is 3. The standard InChI is InChI=1S/C33H33N3O2.C30H29N3O2.C29H29BrN2O2.C29H30N2O2.C5H5N.CH2Cl2/c1-7-16-36-28-13-8-21(20-34)17-27(28)35-30(22-9-11-23(12-10-22)31(37)38-6)24-18-25-26(19-29(24)36)33(4,5)15-14-32(25,2)3;1-29(2)12-13-30(3,4)23-16-25-21(15-22(23)29)27(19-7-9-20(10-8-19)28(34)35-5)33-26-14-18(17-31)6-11-24(26)32-25;1-28(2)12-13-29(3,4)22-16-24-20(15-21(22)28)26(17-6-8-18(9-7-17)27(33)34-5)32-25-14-19(30)10-11-23(25)31-24;1-28(2)14-15-29(3,4)22-17-25-20(16-21(22)28)26(31-24-9-7-6-8-23(24)30-25)18-10-12-19(13-11-18)27(32)33-5;1-2-4-6-5-3-1;2-1-3/h7-13,17-19H,1,14-16H2,2-6H3;6-11,14-16,32H,12-13H2,1-5H3;6-11,14-16,31H,12-13H2,1-5H3;6-13,16-17,30H,14-15H2,1-5H3;1-5H;1H2/p+1. The van der Waals surface area contributed by atoms with Crippen molar-refractivity contribution in [2.24, 2.45) is 20.0 Å². The molecule has 760 valence electrons. The van der Waals surface area contributed by atoms with Gasteiger partial charge in [0.2, 0.25) is 0 Å². The number of hydrogen-bond acceptors (Lipinski definition) is 18. The van der Waals surface area contributed by atoms with Crippen molar-refractivity contribution < 1.29 is 43.1 Å². The third kappa shape index (κ3) is 22.4. The molecule has 22 heteroatoms. The summed E-state index contributed by atoms with van der Waals surface area (Å²) in [5.74, 6) is -1.43. The number of benzene rings is 12. The summed E-state index contributed by atoms with van der Waals surface area (Å²) in [5, 5.41) is 30.2. The van der Waals surface area contributed by atoms with Gasteiger partial charge < -0.3 is 39.8 Å². The molecule has 149 heavy (non-hydrogen) atoms. The van der Waals surface area contributed by atoms with E-state index in [2.05, 4.69) is 232 Å². The Hall–Kier alpha value is -14.7. The SMILES string of the molecule is C=CCN1c2ccc(C#N)cc2N=C(c2ccc(C(=O)OC)cc2)c2cc3c(cc21)C(C)(C)CCC3(C)C.COC(=O)c1ccc(C2=Nc3cc(Br)ccc3Nc3cc4c(cc32)C(C)(C)CCC4(C)C)cc1.COC(=O)c1ccc(C2=Nc3cc(C#N)ccc3Nc3cc4c(cc32)C(C)(C)CCC4(C)C)cc1.COC(=O)c1ccc(C2=Nc3ccccc3Nc3cc4c(cc32)C(C)(C)CCC4(C)C)cc1.ClCCl.c1cc[nH+]cc1. The van der Waals surface area contributed by atoms with Gasteiger partial charge in [0.15, 0.2) is 12.4 Å². The zero-order valence-electron chi connectivity index (χ0n) is 88.6. The Morgan fingerprint density at radius 1 is 0.349 bits per heavy atom. The number of methoxy groups -OCH3 is 4. The van der Waals surface area contributed by atoms with Gasteiger partial charge in [0.1, 0.15) is 0 Å². The fourth-order valence-electron chi connectivity index (χ4n) is 21.2. The number of para-hydroxylation sites is 2. The summed E-state index contributed by atoms with van der Waals surface area (Å²) < 4.78 is 20.5. The van der Waals surface area contributed by atoms with Gasteiger partial charge in [-0.2, -0.15) is 10.5 Å². The molecule has 0 amide bonds. The van der Waals surface area contributed by atoms with Crippen molar-refractivity contribution in [3.8, 4) is 12.1 Å². The number of ether oxygens (including phenoxy) is 4. The Kier molecular flexibility index (Phi) is 31.1. The lowest BCUT2D eigenvalue weighted by Crippen LogP contribution is -2.35. The molecule has 4 N–H and O–H groups in total. The minimum absolute atomic E-state index is 0.0239. The molecule has 4 aliphatic heterocycles. The lowest BCUT2D eigenvalue weighted by Gasteiger charge is -2.43. The van der Waals surface area contributed by atoms with Crippen LogP contribution in [0.1, 0.15) is 304 Å². The van der Waals surface area contributed by atoms with Crippen LogP contribution in [-0.4, -0.2) is 87.0 Å². The maximum atomic E-state index is 12.1. The number of carbonyl (C=O) groups is 4. The van der Waals surface area contributed by atoms with Crippen LogP contribution >= 0.6 is 39.1 Å². The second kappa shape index (κ2) is 43.3. The number of nitrogens with zero attached hydrogens (tertiary/aromatic N) is 7. The first-order valence-corrected chi connectivity index (χ1v) is 52.4. The monoisotopic (exact) mass is 2080 g/mol. The Bertz CT molecular complexity index is 7600. The molecular formula is C127H129BrCl2N11O8+. The number of fused-ring (bicyclic) bond motifs is 12. The molecule has 19 nitrogen and oxygen atoms in total. The Labute approximate surface area is 894 Å². The number of pyridine rings is 1. The number of nitrogens with one attached hydrogen (secondary N) is 4. The molecule has 4 aliphatic carbocycles. The molecular weight excluding hydrogens is 1960 g/mol. The first kappa shape index (κ1) is 107. The maximum absolute atomic E-state index is 12.1. The van der Waals surface area contributed by atoms with E-state index < -0.39 is 0 Å². The minimum Gasteiger partial charge on any atom is -0.465 e. The quantitative estimate of drug-likeness (QED) is 0.0498. The van der Waals surface area contributed by atoms with Crippen molar-refractivity contribution >= 4 is 154 Å². The van der Waals surface area contributed by atoms with Gasteiger partial charge in [-0.05, 0) is 303 Å². The van der Waals surface area contributed by atoms with E-state index in [9.17, 15) is 29.7 Å². The van der Waals surface area contributed by atoms with Crippen molar-refractivity contribution in [3.63, 3.8) is 0 Å². The number of H-pyrrole nitrogens is 1. The zero-order valence-corrected chi connectivity index (χ0v) is 91.7. The summed E-state index contributed by atoms with van der Waals surface area (Å²) >= 11 is 13.1. The van der Waals surface area contributed by atoms with E-state index in [1.165, 1.54) is 72.9 Å². The highest BCUT2D eigenvalue weighted by Crippen LogP contribution is 2.56. The van der Waals surface area contributed by atoms with Crippen LogP contribution in [0.15, 0.2) is 292 Å². The molecule has 12 aromatic carbocycles. The van der Waals surface area contributed by atoms with Gasteiger partial charge in [-0.15, -0.1) is 29.8 Å². The highest BCUT2D eigenvalue weighted by molar-refractivity contribution is 9.10. The first-order chi connectivity index (χ1) is 70.9. The van der Waals surface area contributed by atoms with E-state index in [0.29, 0.717) is 45.6 Å². The molecule has 0 unspecified atom stereocenters. The largest absolute Gasteiger partial charge is 0.465 e. The third-order valence-corrected chi connectivity index (χ3v) is 31.1. The van der Waals surface area contributed by atoms with Gasteiger partial charge in [-0.1, -0.05) is 200 Å². The van der Waals surface area contributed by atoms with Crippen molar-refractivity contribution in [1.29, 1.82) is 10.5 Å². The minimum atomic E-state index is -0.376. The Morgan fingerprint density at radius 2 is 0.638 bits per heavy atom. The van der Waals surface area contributed by atoms with Crippen molar-refractivity contribution in [3.05, 3.63) is 395 Å². The fraction of sp³-hybridized carbons (Fsp3) is 0.299.